The summed E-state index contributed by atoms with van der Waals surface area (Å²) < 4.78 is 0. The fourth-order valence-corrected chi connectivity index (χ4v) is 0.862. The van der Waals surface area contributed by atoms with Gasteiger partial charge in [-0.05, 0) is 19.8 Å². The van der Waals surface area contributed by atoms with Gasteiger partial charge in [0.25, 0.3) is 0 Å². The summed E-state index contributed by atoms with van der Waals surface area (Å²) >= 11 is 0. The minimum absolute atomic E-state index is 0.138. The van der Waals surface area contributed by atoms with Gasteiger partial charge in [0.05, 0.1) is 0 Å². The van der Waals surface area contributed by atoms with Crippen molar-refractivity contribution >= 4 is 11.8 Å². The SMILES string of the molecule is CC(=O)CCCCC(N)C(=O)O. The van der Waals surface area contributed by atoms with E-state index < -0.39 is 12.0 Å². The number of hydrogen-bond acceptors (Lipinski definition) is 3. The van der Waals surface area contributed by atoms with Gasteiger partial charge in [-0.1, -0.05) is 6.42 Å². The topological polar surface area (TPSA) is 80.4 Å². The predicted molar refractivity (Wildman–Crippen MR) is 44.8 cm³/mol. The third-order valence-corrected chi connectivity index (χ3v) is 1.61. The Morgan fingerprint density at radius 2 is 2.00 bits per heavy atom. The molecule has 0 aliphatic carbocycles. The summed E-state index contributed by atoms with van der Waals surface area (Å²) in [6.07, 6.45) is 2.40. The Morgan fingerprint density at radius 1 is 1.42 bits per heavy atom. The van der Waals surface area contributed by atoms with E-state index in [1.807, 2.05) is 0 Å². The van der Waals surface area contributed by atoms with Crippen LogP contribution in [-0.2, 0) is 9.59 Å². The monoisotopic (exact) mass is 173 g/mol. The Morgan fingerprint density at radius 3 is 2.42 bits per heavy atom. The van der Waals surface area contributed by atoms with Gasteiger partial charge in [0.2, 0.25) is 0 Å². The van der Waals surface area contributed by atoms with Crippen LogP contribution in [0.1, 0.15) is 32.6 Å². The number of ketones is 1. The van der Waals surface area contributed by atoms with Crippen LogP contribution in [0.3, 0.4) is 0 Å². The molecule has 0 heterocycles. The van der Waals surface area contributed by atoms with E-state index in [4.69, 9.17) is 10.8 Å². The van der Waals surface area contributed by atoms with E-state index in [2.05, 4.69) is 0 Å². The maximum Gasteiger partial charge on any atom is 0.320 e. The molecule has 0 aromatic carbocycles. The standard InChI is InChI=1S/C8H15NO3/c1-6(10)4-2-3-5-7(9)8(11)12/h7H,2-5,9H2,1H3,(H,11,12). The van der Waals surface area contributed by atoms with Gasteiger partial charge in [-0.25, -0.2) is 0 Å². The Balaban J connectivity index is 3.31. The molecular weight excluding hydrogens is 158 g/mol. The Kier molecular flexibility index (Phi) is 5.28. The van der Waals surface area contributed by atoms with Crippen molar-refractivity contribution in [3.8, 4) is 0 Å². The van der Waals surface area contributed by atoms with E-state index in [-0.39, 0.29) is 5.78 Å². The van der Waals surface area contributed by atoms with Gasteiger partial charge in [0, 0.05) is 6.42 Å². The fraction of sp³-hybridized carbons (Fsp3) is 0.750. The number of aliphatic carboxylic acids is 1. The smallest absolute Gasteiger partial charge is 0.320 e. The van der Waals surface area contributed by atoms with E-state index >= 15 is 0 Å². The third-order valence-electron chi connectivity index (χ3n) is 1.61. The Hall–Kier alpha value is -0.900. The lowest BCUT2D eigenvalue weighted by Crippen LogP contribution is -2.29. The van der Waals surface area contributed by atoms with Gasteiger partial charge in [-0.15, -0.1) is 0 Å². The normalized spacial score (nSPS) is 12.5. The molecule has 4 heteroatoms. The molecule has 0 amide bonds. The first-order valence-corrected chi connectivity index (χ1v) is 4.02. The number of nitrogens with two attached hydrogens (primary N) is 1. The zero-order chi connectivity index (χ0) is 9.56. The van der Waals surface area contributed by atoms with Crippen LogP contribution in [0.4, 0.5) is 0 Å². The maximum atomic E-state index is 10.5. The lowest BCUT2D eigenvalue weighted by Gasteiger charge is -2.04. The second-order valence-electron chi connectivity index (χ2n) is 2.89. The number of carboxylic acid groups (broad SMARTS) is 1. The highest BCUT2D eigenvalue weighted by atomic mass is 16.4. The first-order chi connectivity index (χ1) is 5.54. The quantitative estimate of drug-likeness (QED) is 0.575. The lowest BCUT2D eigenvalue weighted by molar-refractivity contribution is -0.138. The molecule has 0 radical (unpaired) electrons. The van der Waals surface area contributed by atoms with E-state index in [9.17, 15) is 9.59 Å². The zero-order valence-corrected chi connectivity index (χ0v) is 7.25. The minimum Gasteiger partial charge on any atom is -0.480 e. The summed E-state index contributed by atoms with van der Waals surface area (Å²) in [4.78, 5) is 20.7. The van der Waals surface area contributed by atoms with Crippen LogP contribution in [-0.4, -0.2) is 22.9 Å². The van der Waals surface area contributed by atoms with Crippen molar-refractivity contribution in [2.75, 3.05) is 0 Å². The second-order valence-corrected chi connectivity index (χ2v) is 2.89. The van der Waals surface area contributed by atoms with Gasteiger partial charge in [0.15, 0.2) is 0 Å². The highest BCUT2D eigenvalue weighted by molar-refractivity contribution is 5.75. The van der Waals surface area contributed by atoms with Crippen LogP contribution in [0.15, 0.2) is 0 Å². The lowest BCUT2D eigenvalue weighted by atomic mass is 10.1. The van der Waals surface area contributed by atoms with Crippen LogP contribution in [0.25, 0.3) is 0 Å². The highest BCUT2D eigenvalue weighted by Gasteiger charge is 2.09. The molecule has 0 fully saturated rings. The molecule has 12 heavy (non-hydrogen) atoms. The number of hydrogen-bond donors (Lipinski definition) is 2. The molecule has 0 aliphatic rings. The van der Waals surface area contributed by atoms with Crippen molar-refractivity contribution in [3.63, 3.8) is 0 Å². The molecule has 0 aromatic heterocycles. The molecule has 0 aromatic rings. The molecular formula is C8H15NO3. The number of Topliss-reactive ketones (excluding diaryl/α,β-unsaturated/α-hetero) is 1. The van der Waals surface area contributed by atoms with Gasteiger partial charge in [0.1, 0.15) is 11.8 Å². The molecule has 3 N–H and O–H groups in total. The van der Waals surface area contributed by atoms with E-state index in [0.29, 0.717) is 19.3 Å². The van der Waals surface area contributed by atoms with Crippen LogP contribution in [0.5, 0.6) is 0 Å². The Bertz CT molecular complexity index is 168. The van der Waals surface area contributed by atoms with Crippen LogP contribution in [0, 0.1) is 0 Å². The average Bonchev–Trinajstić information content (AvgIpc) is 1.97. The highest BCUT2D eigenvalue weighted by Crippen LogP contribution is 2.02. The largest absolute Gasteiger partial charge is 0.480 e. The van der Waals surface area contributed by atoms with E-state index in [1.54, 1.807) is 0 Å². The fourth-order valence-electron chi connectivity index (χ4n) is 0.862. The first kappa shape index (κ1) is 11.1. The van der Waals surface area contributed by atoms with E-state index in [0.717, 1.165) is 6.42 Å². The summed E-state index contributed by atoms with van der Waals surface area (Å²) in [6, 6.07) is -0.781. The van der Waals surface area contributed by atoms with Crippen LogP contribution >= 0.6 is 0 Å². The number of carbonyl (C=O) groups excluding carboxylic acids is 1. The van der Waals surface area contributed by atoms with Crippen LogP contribution in [0.2, 0.25) is 0 Å². The summed E-state index contributed by atoms with van der Waals surface area (Å²) in [7, 11) is 0. The van der Waals surface area contributed by atoms with Crippen LogP contribution < -0.4 is 5.73 Å². The van der Waals surface area contributed by atoms with Crippen molar-refractivity contribution in [3.05, 3.63) is 0 Å². The Labute approximate surface area is 71.8 Å². The summed E-state index contributed by atoms with van der Waals surface area (Å²) in [6.45, 7) is 1.52. The number of rotatable bonds is 6. The summed E-state index contributed by atoms with van der Waals surface area (Å²) in [5.74, 6) is -0.836. The van der Waals surface area contributed by atoms with Gasteiger partial charge in [-0.3, -0.25) is 4.79 Å². The zero-order valence-electron chi connectivity index (χ0n) is 7.25. The van der Waals surface area contributed by atoms with Crippen molar-refractivity contribution in [1.82, 2.24) is 0 Å². The first-order valence-electron chi connectivity index (χ1n) is 4.02. The summed E-state index contributed by atoms with van der Waals surface area (Å²) in [5, 5.41) is 8.40. The molecule has 1 atom stereocenters. The predicted octanol–water partition coefficient (Wildman–Crippen LogP) is 0.548. The van der Waals surface area contributed by atoms with Gasteiger partial charge in [-0.2, -0.15) is 0 Å². The maximum absolute atomic E-state index is 10.5. The molecule has 0 saturated carbocycles. The molecule has 0 saturated heterocycles. The average molecular weight is 173 g/mol. The number of unbranched alkanes of at least 4 members (excludes halogenated alkanes) is 1. The molecule has 0 spiro atoms. The van der Waals surface area contributed by atoms with Crippen molar-refractivity contribution in [2.45, 2.75) is 38.6 Å². The third kappa shape index (κ3) is 5.85. The van der Waals surface area contributed by atoms with Crippen molar-refractivity contribution in [2.24, 2.45) is 5.73 Å². The molecule has 4 nitrogen and oxygen atoms in total. The number of carbonyl (C=O) groups is 2. The van der Waals surface area contributed by atoms with E-state index in [1.165, 1.54) is 6.92 Å². The number of carboxylic acids is 1. The van der Waals surface area contributed by atoms with Crippen molar-refractivity contribution in [1.29, 1.82) is 0 Å². The van der Waals surface area contributed by atoms with Gasteiger partial charge < -0.3 is 15.6 Å². The minimum atomic E-state index is -0.974. The van der Waals surface area contributed by atoms with Crippen molar-refractivity contribution < 1.29 is 14.7 Å². The molecule has 0 rings (SSSR count). The molecule has 0 aliphatic heterocycles. The summed E-state index contributed by atoms with van der Waals surface area (Å²) in [5.41, 5.74) is 5.25. The second kappa shape index (κ2) is 5.71. The molecule has 0 bridgehead atoms. The van der Waals surface area contributed by atoms with Gasteiger partial charge >= 0.3 is 5.97 Å². The molecule has 70 valence electrons. The molecule has 1 unspecified atom stereocenters.